The summed E-state index contributed by atoms with van der Waals surface area (Å²) in [4.78, 5) is 42.3. The number of unbranched alkanes of at least 4 members (excludes halogenated alkanes) is 9. The minimum absolute atomic E-state index is 0.170. The van der Waals surface area contributed by atoms with Gasteiger partial charge in [0.25, 0.3) is 0 Å². The lowest BCUT2D eigenvalue weighted by atomic mass is 10.1. The Kier molecular flexibility index (Phi) is 27.4. The molecular formula is C33H57O9P. The molecule has 3 N–H and O–H groups in total. The molecule has 0 aliphatic rings. The van der Waals surface area contributed by atoms with Crippen LogP contribution >= 0.6 is 7.82 Å². The number of hydrogen-bond acceptors (Lipinski definition) is 7. The number of carbonyl (C=O) groups excluding carboxylic acids is 2. The van der Waals surface area contributed by atoms with Crippen molar-refractivity contribution in [3.05, 3.63) is 48.6 Å². The van der Waals surface area contributed by atoms with Crippen LogP contribution < -0.4 is 0 Å². The van der Waals surface area contributed by atoms with Crippen molar-refractivity contribution in [1.29, 1.82) is 0 Å². The number of aliphatic hydroxyl groups excluding tert-OH is 1. The predicted molar refractivity (Wildman–Crippen MR) is 171 cm³/mol. The summed E-state index contributed by atoms with van der Waals surface area (Å²) in [6, 6.07) is 0. The van der Waals surface area contributed by atoms with Crippen molar-refractivity contribution in [1.82, 2.24) is 0 Å². The molecule has 0 bridgehead atoms. The van der Waals surface area contributed by atoms with Crippen molar-refractivity contribution in [2.75, 3.05) is 13.2 Å². The molecule has 0 aliphatic carbocycles. The van der Waals surface area contributed by atoms with E-state index in [2.05, 4.69) is 30.5 Å². The van der Waals surface area contributed by atoms with Crippen molar-refractivity contribution in [2.24, 2.45) is 0 Å². The van der Waals surface area contributed by atoms with E-state index in [0.29, 0.717) is 19.3 Å². The standard InChI is InChI=1S/C33H57O9P/c1-3-5-7-8-14-19-23-27-33(36)42-31(29-41-43(37,38)39)28-40-32(35)26-22-18-16-13-11-9-10-12-15-17-21-25-30(34)24-20-6-4-2/h9-10,13,15-17,21,25,30-31,34H,3-8,11-12,14,18-20,22-24,26-29H2,1-2H3,(H2,37,38,39)/b10-9-,16-13-,17-15-,25-21+/t30-,31-/m1/s1. The number of allylic oxidation sites excluding steroid dienone is 7. The van der Waals surface area contributed by atoms with Crippen LogP contribution in [0.3, 0.4) is 0 Å². The predicted octanol–water partition coefficient (Wildman–Crippen LogP) is 7.81. The van der Waals surface area contributed by atoms with E-state index in [-0.39, 0.29) is 25.6 Å². The van der Waals surface area contributed by atoms with Gasteiger partial charge in [-0.25, -0.2) is 4.57 Å². The first-order chi connectivity index (χ1) is 20.7. The van der Waals surface area contributed by atoms with Crippen LogP contribution in [0.25, 0.3) is 0 Å². The molecule has 0 radical (unpaired) electrons. The molecule has 0 aromatic rings. The normalized spacial score (nSPS) is 13.9. The summed E-state index contributed by atoms with van der Waals surface area (Å²) < 4.78 is 26.0. The van der Waals surface area contributed by atoms with Crippen LogP contribution in [0.4, 0.5) is 0 Å². The van der Waals surface area contributed by atoms with Gasteiger partial charge in [0.05, 0.1) is 12.7 Å². The van der Waals surface area contributed by atoms with Crippen LogP contribution in [-0.4, -0.2) is 52.3 Å². The van der Waals surface area contributed by atoms with Crippen molar-refractivity contribution in [3.63, 3.8) is 0 Å². The van der Waals surface area contributed by atoms with Crippen molar-refractivity contribution in [3.8, 4) is 0 Å². The molecule has 0 heterocycles. The van der Waals surface area contributed by atoms with E-state index < -0.39 is 32.5 Å². The molecule has 0 amide bonds. The molecule has 0 aromatic carbocycles. The van der Waals surface area contributed by atoms with Gasteiger partial charge < -0.3 is 24.4 Å². The lowest BCUT2D eigenvalue weighted by molar-refractivity contribution is -0.161. The maximum atomic E-state index is 12.2. The second kappa shape index (κ2) is 28.7. The van der Waals surface area contributed by atoms with E-state index in [0.717, 1.165) is 57.8 Å². The molecule has 0 aliphatic heterocycles. The molecule has 0 rings (SSSR count). The molecule has 0 fully saturated rings. The van der Waals surface area contributed by atoms with E-state index in [1.807, 2.05) is 36.5 Å². The molecule has 0 aromatic heterocycles. The SMILES string of the molecule is CCCCCCCCCC(=O)O[C@H](COC(=O)CCC/C=C\C/C=C\C/C=C\C=C\[C@H](O)CCCCC)COP(=O)(O)O. The molecule has 0 saturated carbocycles. The Balaban J connectivity index is 4.16. The summed E-state index contributed by atoms with van der Waals surface area (Å²) >= 11 is 0. The summed E-state index contributed by atoms with van der Waals surface area (Å²) in [7, 11) is -4.76. The summed E-state index contributed by atoms with van der Waals surface area (Å²) in [5.74, 6) is -0.990. The first-order valence-corrected chi connectivity index (χ1v) is 17.6. The van der Waals surface area contributed by atoms with E-state index in [9.17, 15) is 19.3 Å². The monoisotopic (exact) mass is 628 g/mol. The van der Waals surface area contributed by atoms with Crippen LogP contribution in [0.5, 0.6) is 0 Å². The zero-order valence-electron chi connectivity index (χ0n) is 26.4. The van der Waals surface area contributed by atoms with Crippen LogP contribution in [-0.2, 0) is 28.2 Å². The first kappa shape index (κ1) is 41.0. The highest BCUT2D eigenvalue weighted by Crippen LogP contribution is 2.35. The van der Waals surface area contributed by atoms with Gasteiger partial charge in [-0.3, -0.25) is 14.1 Å². The number of carbonyl (C=O) groups is 2. The van der Waals surface area contributed by atoms with E-state index in [1.165, 1.54) is 19.3 Å². The summed E-state index contributed by atoms with van der Waals surface area (Å²) in [5.41, 5.74) is 0. The minimum atomic E-state index is -4.76. The van der Waals surface area contributed by atoms with Crippen LogP contribution in [0.1, 0.15) is 123 Å². The van der Waals surface area contributed by atoms with Gasteiger partial charge in [-0.1, -0.05) is 120 Å². The highest BCUT2D eigenvalue weighted by atomic mass is 31.2. The molecule has 9 nitrogen and oxygen atoms in total. The molecule has 0 spiro atoms. The molecule has 10 heteroatoms. The number of hydrogen-bond donors (Lipinski definition) is 3. The van der Waals surface area contributed by atoms with E-state index in [4.69, 9.17) is 19.3 Å². The number of ether oxygens (including phenoxy) is 2. The van der Waals surface area contributed by atoms with Gasteiger partial charge in [-0.15, -0.1) is 0 Å². The Morgan fingerprint density at radius 1 is 0.721 bits per heavy atom. The van der Waals surface area contributed by atoms with Gasteiger partial charge in [-0.05, 0) is 38.5 Å². The minimum Gasteiger partial charge on any atom is -0.462 e. The second-order valence-corrected chi connectivity index (χ2v) is 11.9. The first-order valence-electron chi connectivity index (χ1n) is 16.0. The Labute approximate surface area is 259 Å². The zero-order valence-corrected chi connectivity index (χ0v) is 27.3. The summed E-state index contributed by atoms with van der Waals surface area (Å²) in [6.45, 7) is 3.41. The number of phosphoric acid groups is 1. The zero-order chi connectivity index (χ0) is 32.0. The summed E-state index contributed by atoms with van der Waals surface area (Å²) in [6.07, 6.45) is 29.1. The summed E-state index contributed by atoms with van der Waals surface area (Å²) in [5, 5.41) is 9.83. The van der Waals surface area contributed by atoms with Gasteiger partial charge in [-0.2, -0.15) is 0 Å². The number of esters is 2. The average molecular weight is 629 g/mol. The average Bonchev–Trinajstić information content (AvgIpc) is 2.96. The molecule has 248 valence electrons. The molecule has 0 saturated heterocycles. The van der Waals surface area contributed by atoms with Gasteiger partial charge in [0.15, 0.2) is 6.10 Å². The van der Waals surface area contributed by atoms with Gasteiger partial charge in [0.1, 0.15) is 6.61 Å². The second-order valence-electron chi connectivity index (χ2n) is 10.6. The Morgan fingerprint density at radius 2 is 1.33 bits per heavy atom. The number of rotatable bonds is 28. The Morgan fingerprint density at radius 3 is 2.02 bits per heavy atom. The van der Waals surface area contributed by atoms with Gasteiger partial charge in [0.2, 0.25) is 0 Å². The smallest absolute Gasteiger partial charge is 0.462 e. The van der Waals surface area contributed by atoms with Crippen molar-refractivity contribution >= 4 is 19.8 Å². The highest BCUT2D eigenvalue weighted by molar-refractivity contribution is 7.46. The third kappa shape index (κ3) is 31.2. The van der Waals surface area contributed by atoms with E-state index >= 15 is 0 Å². The fraction of sp³-hybridized carbons (Fsp3) is 0.697. The molecular weight excluding hydrogens is 571 g/mol. The largest absolute Gasteiger partial charge is 0.469 e. The van der Waals surface area contributed by atoms with Crippen LogP contribution in [0.15, 0.2) is 48.6 Å². The quantitative estimate of drug-likeness (QED) is 0.0260. The van der Waals surface area contributed by atoms with Gasteiger partial charge in [0, 0.05) is 12.8 Å². The van der Waals surface area contributed by atoms with Gasteiger partial charge >= 0.3 is 19.8 Å². The van der Waals surface area contributed by atoms with Crippen LogP contribution in [0.2, 0.25) is 0 Å². The fourth-order valence-electron chi connectivity index (χ4n) is 4.00. The highest BCUT2D eigenvalue weighted by Gasteiger charge is 2.22. The number of aliphatic hydroxyl groups is 1. The lowest BCUT2D eigenvalue weighted by Crippen LogP contribution is -2.29. The van der Waals surface area contributed by atoms with E-state index in [1.54, 1.807) is 0 Å². The van der Waals surface area contributed by atoms with Crippen molar-refractivity contribution in [2.45, 2.75) is 135 Å². The molecule has 0 unspecified atom stereocenters. The Bertz CT molecular complexity index is 860. The third-order valence-corrected chi connectivity index (χ3v) is 6.94. The lowest BCUT2D eigenvalue weighted by Gasteiger charge is -2.18. The topological polar surface area (TPSA) is 140 Å². The third-order valence-electron chi connectivity index (χ3n) is 6.45. The molecule has 43 heavy (non-hydrogen) atoms. The van der Waals surface area contributed by atoms with Crippen LogP contribution in [0, 0.1) is 0 Å². The number of phosphoric ester groups is 1. The maximum absolute atomic E-state index is 12.2. The Hall–Kier alpha value is -2.03. The maximum Gasteiger partial charge on any atom is 0.469 e. The van der Waals surface area contributed by atoms with Crippen molar-refractivity contribution < 1.29 is 43.0 Å². The molecule has 2 atom stereocenters. The fourth-order valence-corrected chi connectivity index (χ4v) is 4.36.